The molecule has 154 valence electrons. The Kier molecular flexibility index (Phi) is 5.76. The van der Waals surface area contributed by atoms with Crippen LogP contribution < -0.4 is 15.4 Å². The van der Waals surface area contributed by atoms with Gasteiger partial charge >= 0.3 is 0 Å². The number of halogens is 2. The third-order valence-electron chi connectivity index (χ3n) is 4.90. The first-order chi connectivity index (χ1) is 14.5. The summed E-state index contributed by atoms with van der Waals surface area (Å²) in [5.41, 5.74) is 1.03. The fourth-order valence-corrected chi connectivity index (χ4v) is 3.21. The zero-order chi connectivity index (χ0) is 21.1. The van der Waals surface area contributed by atoms with E-state index in [9.17, 15) is 9.18 Å². The number of pyridine rings is 1. The van der Waals surface area contributed by atoms with E-state index >= 15 is 0 Å². The molecule has 30 heavy (non-hydrogen) atoms. The Balaban J connectivity index is 1.67. The number of aromatic nitrogens is 3. The predicted molar refractivity (Wildman–Crippen MR) is 112 cm³/mol. The van der Waals surface area contributed by atoms with Crippen molar-refractivity contribution in [2.75, 3.05) is 12.4 Å². The average Bonchev–Trinajstić information content (AvgIpc) is 2.72. The zero-order valence-corrected chi connectivity index (χ0v) is 16.9. The van der Waals surface area contributed by atoms with Gasteiger partial charge in [-0.1, -0.05) is 11.6 Å². The van der Waals surface area contributed by atoms with Crippen LogP contribution in [0, 0.1) is 5.82 Å². The number of methoxy groups -OCH3 is 1. The third kappa shape index (κ3) is 4.18. The van der Waals surface area contributed by atoms with Crippen molar-refractivity contribution in [3.63, 3.8) is 0 Å². The number of amides is 1. The molecule has 2 aromatic heterocycles. The van der Waals surface area contributed by atoms with Crippen molar-refractivity contribution >= 4 is 29.0 Å². The number of hydrogen-bond acceptors (Lipinski definition) is 6. The molecule has 0 bridgehead atoms. The van der Waals surface area contributed by atoms with Gasteiger partial charge < -0.3 is 15.4 Å². The monoisotopic (exact) mass is 427 g/mol. The highest BCUT2D eigenvalue weighted by Gasteiger charge is 2.22. The molecule has 1 aromatic carbocycles. The number of benzene rings is 1. The topological polar surface area (TPSA) is 89.0 Å². The smallest absolute Gasteiger partial charge is 0.255 e. The molecule has 1 fully saturated rings. The lowest BCUT2D eigenvalue weighted by molar-refractivity contribution is 0.0917. The Hall–Kier alpha value is -3.26. The molecular weight excluding hydrogens is 409 g/mol. The van der Waals surface area contributed by atoms with Gasteiger partial charge in [0.05, 0.1) is 30.1 Å². The van der Waals surface area contributed by atoms with E-state index in [0.717, 1.165) is 19.3 Å². The molecule has 2 heterocycles. The largest absolute Gasteiger partial charge is 0.491 e. The fourth-order valence-electron chi connectivity index (χ4n) is 3.04. The number of ether oxygens (including phenoxy) is 1. The van der Waals surface area contributed by atoms with Crippen LogP contribution in [0.25, 0.3) is 11.4 Å². The molecule has 0 radical (unpaired) electrons. The van der Waals surface area contributed by atoms with Gasteiger partial charge in [0, 0.05) is 23.5 Å². The Morgan fingerprint density at radius 3 is 2.83 bits per heavy atom. The Morgan fingerprint density at radius 1 is 1.27 bits per heavy atom. The van der Waals surface area contributed by atoms with Gasteiger partial charge in [-0.05, 0) is 43.5 Å². The Morgan fingerprint density at radius 2 is 2.10 bits per heavy atom. The molecule has 1 aliphatic rings. The SMILES string of the molecule is COc1cnc(-c2cc(Cl)ccc2F)nc1Nc1ccncc1C(=O)NC1CCC1. The van der Waals surface area contributed by atoms with Gasteiger partial charge in [0.15, 0.2) is 17.4 Å². The summed E-state index contributed by atoms with van der Waals surface area (Å²) >= 11 is 5.99. The zero-order valence-electron chi connectivity index (χ0n) is 16.2. The van der Waals surface area contributed by atoms with E-state index in [2.05, 4.69) is 25.6 Å². The molecule has 0 unspecified atom stereocenters. The highest BCUT2D eigenvalue weighted by atomic mass is 35.5. The predicted octanol–water partition coefficient (Wildman–Crippen LogP) is 4.37. The van der Waals surface area contributed by atoms with Crippen molar-refractivity contribution in [2.45, 2.75) is 25.3 Å². The van der Waals surface area contributed by atoms with Gasteiger partial charge in [0.1, 0.15) is 5.82 Å². The number of rotatable bonds is 6. The Bertz CT molecular complexity index is 1090. The van der Waals surface area contributed by atoms with Gasteiger partial charge in [0.2, 0.25) is 0 Å². The number of nitrogens with one attached hydrogen (secondary N) is 2. The second kappa shape index (κ2) is 8.62. The molecule has 0 spiro atoms. The minimum atomic E-state index is -0.500. The van der Waals surface area contributed by atoms with Crippen LogP contribution in [0.4, 0.5) is 15.9 Å². The first kappa shape index (κ1) is 20.0. The van der Waals surface area contributed by atoms with Crippen LogP contribution in [0.5, 0.6) is 5.75 Å². The first-order valence-corrected chi connectivity index (χ1v) is 9.81. The third-order valence-corrected chi connectivity index (χ3v) is 5.14. The van der Waals surface area contributed by atoms with Crippen LogP contribution in [-0.2, 0) is 0 Å². The van der Waals surface area contributed by atoms with E-state index in [-0.39, 0.29) is 29.2 Å². The van der Waals surface area contributed by atoms with Crippen LogP contribution >= 0.6 is 11.6 Å². The maximum Gasteiger partial charge on any atom is 0.255 e. The summed E-state index contributed by atoms with van der Waals surface area (Å²) in [5, 5.41) is 6.45. The molecule has 7 nitrogen and oxygen atoms in total. The molecule has 9 heteroatoms. The minimum absolute atomic E-state index is 0.132. The van der Waals surface area contributed by atoms with E-state index < -0.39 is 5.82 Å². The van der Waals surface area contributed by atoms with E-state index in [0.29, 0.717) is 22.0 Å². The average molecular weight is 428 g/mol. The summed E-state index contributed by atoms with van der Waals surface area (Å²) < 4.78 is 19.6. The van der Waals surface area contributed by atoms with Crippen molar-refractivity contribution in [2.24, 2.45) is 0 Å². The van der Waals surface area contributed by atoms with Gasteiger partial charge in [-0.15, -0.1) is 0 Å². The van der Waals surface area contributed by atoms with E-state index in [4.69, 9.17) is 16.3 Å². The normalized spacial score (nSPS) is 13.4. The molecule has 4 rings (SSSR count). The van der Waals surface area contributed by atoms with Crippen molar-refractivity contribution in [1.82, 2.24) is 20.3 Å². The number of hydrogen-bond donors (Lipinski definition) is 2. The van der Waals surface area contributed by atoms with Crippen molar-refractivity contribution in [1.29, 1.82) is 0 Å². The maximum atomic E-state index is 14.3. The standard InChI is InChI=1S/C21H19ClFN5O2/c1-30-18-11-25-19(14-9-12(22)5-6-16(14)23)28-20(18)27-17-7-8-24-10-15(17)21(29)26-13-3-2-4-13/h5-11,13H,2-4H2,1H3,(H,26,29)(H,24,25,27,28). The van der Waals surface area contributed by atoms with Gasteiger partial charge in [-0.2, -0.15) is 0 Å². The van der Waals surface area contributed by atoms with Crippen LogP contribution in [-0.4, -0.2) is 34.0 Å². The van der Waals surface area contributed by atoms with Crippen molar-refractivity contribution < 1.29 is 13.9 Å². The number of nitrogens with zero attached hydrogens (tertiary/aromatic N) is 3. The van der Waals surface area contributed by atoms with E-state index in [1.54, 1.807) is 12.3 Å². The van der Waals surface area contributed by atoms with Crippen molar-refractivity contribution in [3.8, 4) is 17.1 Å². The number of carbonyl (C=O) groups excluding carboxylic acids is 1. The second-order valence-corrected chi connectivity index (χ2v) is 7.32. The lowest BCUT2D eigenvalue weighted by atomic mass is 9.93. The molecule has 0 aliphatic heterocycles. The van der Waals surface area contributed by atoms with Crippen LogP contribution in [0.3, 0.4) is 0 Å². The van der Waals surface area contributed by atoms with Crippen molar-refractivity contribution in [3.05, 3.63) is 59.3 Å². The lowest BCUT2D eigenvalue weighted by Crippen LogP contribution is -2.39. The molecule has 1 aliphatic carbocycles. The molecular formula is C21H19ClFN5O2. The summed E-state index contributed by atoms with van der Waals surface area (Å²) in [5.74, 6) is 0.0337. The number of carbonyl (C=O) groups is 1. The molecule has 1 saturated carbocycles. The van der Waals surface area contributed by atoms with Gasteiger partial charge in [-0.25, -0.2) is 14.4 Å². The molecule has 3 aromatic rings. The minimum Gasteiger partial charge on any atom is -0.491 e. The van der Waals surface area contributed by atoms with Crippen LogP contribution in [0.15, 0.2) is 42.9 Å². The summed E-state index contributed by atoms with van der Waals surface area (Å²) in [7, 11) is 1.47. The fraction of sp³-hybridized carbons (Fsp3) is 0.238. The summed E-state index contributed by atoms with van der Waals surface area (Å²) in [6, 6.07) is 6.01. The maximum absolute atomic E-state index is 14.3. The lowest BCUT2D eigenvalue weighted by Gasteiger charge is -2.26. The second-order valence-electron chi connectivity index (χ2n) is 6.88. The van der Waals surface area contributed by atoms with Crippen LogP contribution in [0.1, 0.15) is 29.6 Å². The highest BCUT2D eigenvalue weighted by Crippen LogP contribution is 2.31. The van der Waals surface area contributed by atoms with E-state index in [1.165, 1.54) is 37.7 Å². The molecule has 2 N–H and O–H groups in total. The first-order valence-electron chi connectivity index (χ1n) is 9.43. The number of anilines is 2. The summed E-state index contributed by atoms with van der Waals surface area (Å²) in [4.78, 5) is 25.3. The van der Waals surface area contributed by atoms with Gasteiger partial charge in [-0.3, -0.25) is 9.78 Å². The van der Waals surface area contributed by atoms with Gasteiger partial charge in [0.25, 0.3) is 5.91 Å². The van der Waals surface area contributed by atoms with E-state index in [1.807, 2.05) is 0 Å². The molecule has 0 atom stereocenters. The Labute approximate surface area is 177 Å². The molecule has 1 amide bonds. The quantitative estimate of drug-likeness (QED) is 0.607. The summed E-state index contributed by atoms with van der Waals surface area (Å²) in [6.07, 6.45) is 7.55. The highest BCUT2D eigenvalue weighted by molar-refractivity contribution is 6.30. The summed E-state index contributed by atoms with van der Waals surface area (Å²) in [6.45, 7) is 0. The van der Waals surface area contributed by atoms with Crippen LogP contribution in [0.2, 0.25) is 5.02 Å². The molecule has 0 saturated heterocycles.